The third-order valence-corrected chi connectivity index (χ3v) is 6.36. The number of hydrogen-bond acceptors (Lipinski definition) is 11. The minimum absolute atomic E-state index is 0.0338. The van der Waals surface area contributed by atoms with Crippen molar-refractivity contribution in [3.8, 4) is 0 Å². The van der Waals surface area contributed by atoms with E-state index in [0.29, 0.717) is 40.9 Å². The van der Waals surface area contributed by atoms with Gasteiger partial charge in [-0.3, -0.25) is 4.79 Å². The van der Waals surface area contributed by atoms with E-state index < -0.39 is 0 Å². The van der Waals surface area contributed by atoms with Crippen LogP contribution in [-0.2, 0) is 10.5 Å². The Balaban J connectivity index is 1.63. The summed E-state index contributed by atoms with van der Waals surface area (Å²) in [5.41, 5.74) is 7.81. The van der Waals surface area contributed by atoms with E-state index in [1.54, 1.807) is 4.90 Å². The Kier molecular flexibility index (Phi) is 8.11. The molecule has 0 atom stereocenters. The second-order valence-corrected chi connectivity index (χ2v) is 8.54. The lowest BCUT2D eigenvalue weighted by Crippen LogP contribution is -2.32. The number of para-hydroxylation sites is 1. The maximum atomic E-state index is 12.2. The highest BCUT2D eigenvalue weighted by molar-refractivity contribution is 8.00. The molecule has 11 nitrogen and oxygen atoms in total. The number of aryl methyl sites for hydroxylation is 1. The van der Waals surface area contributed by atoms with Gasteiger partial charge in [0.05, 0.1) is 11.5 Å². The largest absolute Gasteiger partial charge is 0.368 e. The molecule has 32 heavy (non-hydrogen) atoms. The van der Waals surface area contributed by atoms with Crippen LogP contribution in [0.15, 0.2) is 34.6 Å². The van der Waals surface area contributed by atoms with Crippen molar-refractivity contribution in [2.24, 2.45) is 0 Å². The summed E-state index contributed by atoms with van der Waals surface area (Å²) in [7, 11) is 0. The molecule has 0 fully saturated rings. The molecular formula is C19H26N10OS2. The number of anilines is 3. The molecule has 2 aromatic heterocycles. The zero-order valence-corrected chi connectivity index (χ0v) is 19.8. The first-order valence-electron chi connectivity index (χ1n) is 9.98. The van der Waals surface area contributed by atoms with Crippen LogP contribution in [0.5, 0.6) is 0 Å². The van der Waals surface area contributed by atoms with Crippen LogP contribution in [0.4, 0.5) is 17.6 Å². The van der Waals surface area contributed by atoms with Gasteiger partial charge in [0, 0.05) is 18.8 Å². The highest BCUT2D eigenvalue weighted by Gasteiger charge is 2.16. The third kappa shape index (κ3) is 6.01. The third-order valence-electron chi connectivity index (χ3n) is 4.50. The first kappa shape index (κ1) is 23.6. The molecule has 3 rings (SSSR count). The smallest absolute Gasteiger partial charge is 0.233 e. The van der Waals surface area contributed by atoms with Gasteiger partial charge in [0.25, 0.3) is 0 Å². The van der Waals surface area contributed by atoms with E-state index in [1.165, 1.54) is 28.2 Å². The SMILES string of the molecule is CCN(CC)C(=O)CSc1nnc(SCc2nc(N)nc(Nc3ccccc3C)n2)n1N. The summed E-state index contributed by atoms with van der Waals surface area (Å²) >= 11 is 2.57. The zero-order chi connectivity index (χ0) is 23.1. The van der Waals surface area contributed by atoms with Crippen molar-refractivity contribution in [1.29, 1.82) is 0 Å². The Morgan fingerprint density at radius 2 is 1.78 bits per heavy atom. The van der Waals surface area contributed by atoms with Gasteiger partial charge >= 0.3 is 0 Å². The number of hydrogen-bond donors (Lipinski definition) is 3. The fourth-order valence-corrected chi connectivity index (χ4v) is 4.30. The lowest BCUT2D eigenvalue weighted by Gasteiger charge is -2.17. The molecule has 0 aliphatic carbocycles. The summed E-state index contributed by atoms with van der Waals surface area (Å²) in [6, 6.07) is 7.81. The van der Waals surface area contributed by atoms with E-state index in [1.807, 2.05) is 45.0 Å². The summed E-state index contributed by atoms with van der Waals surface area (Å²) < 4.78 is 1.36. The Morgan fingerprint density at radius 1 is 1.09 bits per heavy atom. The topological polar surface area (TPSA) is 154 Å². The normalized spacial score (nSPS) is 10.8. The molecular weight excluding hydrogens is 448 g/mol. The van der Waals surface area contributed by atoms with Crippen LogP contribution in [0.2, 0.25) is 0 Å². The van der Waals surface area contributed by atoms with Crippen molar-refractivity contribution >= 4 is 47.0 Å². The van der Waals surface area contributed by atoms with Gasteiger partial charge in [-0.05, 0) is 32.4 Å². The van der Waals surface area contributed by atoms with Gasteiger partial charge in [0.2, 0.25) is 28.1 Å². The number of carbonyl (C=O) groups is 1. The van der Waals surface area contributed by atoms with Crippen LogP contribution in [-0.4, -0.2) is 59.5 Å². The number of carbonyl (C=O) groups excluding carboxylic acids is 1. The van der Waals surface area contributed by atoms with Crippen LogP contribution >= 0.6 is 23.5 Å². The molecule has 0 radical (unpaired) electrons. The standard InChI is InChI=1S/C19H26N10OS2/c1-4-28(5-2)15(30)11-32-19-27-26-18(29(19)21)31-10-14-23-16(20)25-17(24-14)22-13-9-7-6-8-12(13)3/h6-9H,4-5,10-11,21H2,1-3H3,(H3,20,22,23,24,25). The van der Waals surface area contributed by atoms with Gasteiger partial charge < -0.3 is 21.8 Å². The van der Waals surface area contributed by atoms with Crippen molar-refractivity contribution in [3.05, 3.63) is 35.7 Å². The molecule has 0 saturated heterocycles. The summed E-state index contributed by atoms with van der Waals surface area (Å²) in [6.07, 6.45) is 0. The Morgan fingerprint density at radius 3 is 2.47 bits per heavy atom. The molecule has 1 amide bonds. The van der Waals surface area contributed by atoms with Crippen LogP contribution in [0, 0.1) is 6.92 Å². The summed E-state index contributed by atoms with van der Waals surface area (Å²) in [4.78, 5) is 26.7. The number of nitrogens with zero attached hydrogens (tertiary/aromatic N) is 7. The minimum atomic E-state index is 0.0338. The Labute approximate surface area is 194 Å². The van der Waals surface area contributed by atoms with E-state index in [2.05, 4.69) is 30.5 Å². The van der Waals surface area contributed by atoms with Gasteiger partial charge in [-0.15, -0.1) is 10.2 Å². The van der Waals surface area contributed by atoms with Gasteiger partial charge in [-0.25, -0.2) is 4.68 Å². The molecule has 1 aromatic carbocycles. The number of thioether (sulfide) groups is 2. The van der Waals surface area contributed by atoms with E-state index in [4.69, 9.17) is 11.6 Å². The van der Waals surface area contributed by atoms with E-state index >= 15 is 0 Å². The number of rotatable bonds is 10. The molecule has 3 aromatic rings. The maximum Gasteiger partial charge on any atom is 0.233 e. The van der Waals surface area contributed by atoms with E-state index in [-0.39, 0.29) is 17.6 Å². The van der Waals surface area contributed by atoms with Gasteiger partial charge in [0.15, 0.2) is 0 Å². The number of nitrogens with two attached hydrogens (primary N) is 2. The lowest BCUT2D eigenvalue weighted by atomic mass is 10.2. The molecule has 5 N–H and O–H groups in total. The lowest BCUT2D eigenvalue weighted by molar-refractivity contribution is -0.127. The molecule has 0 aliphatic rings. The highest BCUT2D eigenvalue weighted by Crippen LogP contribution is 2.24. The van der Waals surface area contributed by atoms with Crippen molar-refractivity contribution in [2.45, 2.75) is 36.8 Å². The zero-order valence-electron chi connectivity index (χ0n) is 18.1. The van der Waals surface area contributed by atoms with Crippen molar-refractivity contribution in [1.82, 2.24) is 34.7 Å². The quantitative estimate of drug-likeness (QED) is 0.292. The summed E-state index contributed by atoms with van der Waals surface area (Å²) in [5.74, 6) is 7.72. The number of nitrogen functional groups attached to an aromatic ring is 2. The van der Waals surface area contributed by atoms with Gasteiger partial charge in [0.1, 0.15) is 5.82 Å². The van der Waals surface area contributed by atoms with Crippen molar-refractivity contribution < 1.29 is 4.79 Å². The molecule has 0 bridgehead atoms. The fourth-order valence-electron chi connectivity index (χ4n) is 2.78. The number of benzene rings is 1. The van der Waals surface area contributed by atoms with Crippen LogP contribution in [0.25, 0.3) is 0 Å². The molecule has 0 unspecified atom stereocenters. The molecule has 2 heterocycles. The summed E-state index contributed by atoms with van der Waals surface area (Å²) in [6.45, 7) is 7.22. The molecule has 0 aliphatic heterocycles. The molecule has 13 heteroatoms. The predicted octanol–water partition coefficient (Wildman–Crippen LogP) is 2.06. The monoisotopic (exact) mass is 474 g/mol. The Hall–Kier alpha value is -3.06. The first-order valence-corrected chi connectivity index (χ1v) is 11.9. The fraction of sp³-hybridized carbons (Fsp3) is 0.368. The van der Waals surface area contributed by atoms with E-state index in [9.17, 15) is 4.79 Å². The van der Waals surface area contributed by atoms with Crippen molar-refractivity contribution in [3.63, 3.8) is 0 Å². The van der Waals surface area contributed by atoms with Crippen molar-refractivity contribution in [2.75, 3.05) is 35.7 Å². The average Bonchev–Trinajstić information content (AvgIpc) is 3.12. The Bertz CT molecular complexity index is 1070. The van der Waals surface area contributed by atoms with Crippen LogP contribution in [0.1, 0.15) is 25.2 Å². The minimum Gasteiger partial charge on any atom is -0.368 e. The molecule has 0 saturated carbocycles. The average molecular weight is 475 g/mol. The van der Waals surface area contributed by atoms with Crippen LogP contribution in [0.3, 0.4) is 0 Å². The van der Waals surface area contributed by atoms with Gasteiger partial charge in [-0.1, -0.05) is 41.7 Å². The molecule has 170 valence electrons. The maximum absolute atomic E-state index is 12.2. The second kappa shape index (κ2) is 11.0. The van der Waals surface area contributed by atoms with E-state index in [0.717, 1.165) is 11.3 Å². The number of amides is 1. The van der Waals surface area contributed by atoms with Crippen LogP contribution < -0.4 is 16.9 Å². The second-order valence-electron chi connectivity index (χ2n) is 6.65. The number of nitrogens with one attached hydrogen (secondary N) is 1. The van der Waals surface area contributed by atoms with Gasteiger partial charge in [-0.2, -0.15) is 15.0 Å². The molecule has 0 spiro atoms. The highest BCUT2D eigenvalue weighted by atomic mass is 32.2. The summed E-state index contributed by atoms with van der Waals surface area (Å²) in [5, 5.41) is 12.3. The number of aromatic nitrogens is 6. The first-order chi connectivity index (χ1) is 15.4. The predicted molar refractivity (Wildman–Crippen MR) is 127 cm³/mol.